The van der Waals surface area contributed by atoms with Crippen molar-refractivity contribution in [1.29, 1.82) is 0 Å². The van der Waals surface area contributed by atoms with Crippen molar-refractivity contribution >= 4 is 17.9 Å². The Morgan fingerprint density at radius 3 is 2.05 bits per heavy atom. The number of ether oxygens (including phenoxy) is 3. The topological polar surface area (TPSA) is 78.9 Å². The molecule has 0 fully saturated rings. The molecule has 0 bridgehead atoms. The van der Waals surface area contributed by atoms with Crippen LogP contribution >= 0.6 is 0 Å². The first kappa shape index (κ1) is 17.2. The predicted molar refractivity (Wildman–Crippen MR) is 67.2 cm³/mol. The van der Waals surface area contributed by atoms with Crippen molar-refractivity contribution < 1.29 is 28.6 Å². The Balaban J connectivity index is 3.88. The molecule has 0 rings (SSSR count). The van der Waals surface area contributed by atoms with E-state index in [9.17, 15) is 14.4 Å². The van der Waals surface area contributed by atoms with Crippen LogP contribution in [0.4, 0.5) is 0 Å². The van der Waals surface area contributed by atoms with Gasteiger partial charge in [0, 0.05) is 5.57 Å². The first-order chi connectivity index (χ1) is 9.01. The highest BCUT2D eigenvalue weighted by Crippen LogP contribution is 2.03. The van der Waals surface area contributed by atoms with Gasteiger partial charge in [0.25, 0.3) is 0 Å². The van der Waals surface area contributed by atoms with E-state index in [1.54, 1.807) is 0 Å². The molecule has 0 atom stereocenters. The fourth-order valence-electron chi connectivity index (χ4n) is 0.991. The van der Waals surface area contributed by atoms with Gasteiger partial charge in [-0.3, -0.25) is 4.79 Å². The lowest BCUT2D eigenvalue weighted by molar-refractivity contribution is -0.158. The van der Waals surface area contributed by atoms with Crippen LogP contribution in [0.25, 0.3) is 0 Å². The summed E-state index contributed by atoms with van der Waals surface area (Å²) in [5.41, 5.74) is 0.000348. The Morgan fingerprint density at radius 1 is 0.895 bits per heavy atom. The van der Waals surface area contributed by atoms with Gasteiger partial charge in [0.1, 0.15) is 0 Å². The van der Waals surface area contributed by atoms with Gasteiger partial charge in [-0.2, -0.15) is 0 Å². The maximum Gasteiger partial charge on any atom is 0.344 e. The summed E-state index contributed by atoms with van der Waals surface area (Å²) in [5.74, 6) is -1.96. The van der Waals surface area contributed by atoms with E-state index < -0.39 is 24.5 Å². The van der Waals surface area contributed by atoms with Crippen LogP contribution in [-0.2, 0) is 28.6 Å². The molecule has 0 N–H and O–H groups in total. The van der Waals surface area contributed by atoms with Crippen LogP contribution in [0.15, 0.2) is 12.2 Å². The minimum absolute atomic E-state index is 0.000348. The molecule has 6 heteroatoms. The average molecular weight is 272 g/mol. The first-order valence-corrected chi connectivity index (χ1v) is 6.17. The van der Waals surface area contributed by atoms with Crippen molar-refractivity contribution in [1.82, 2.24) is 0 Å². The van der Waals surface area contributed by atoms with Crippen LogP contribution in [0.2, 0.25) is 0 Å². The number of rotatable bonds is 9. The lowest BCUT2D eigenvalue weighted by atomic mass is 10.2. The van der Waals surface area contributed by atoms with Crippen molar-refractivity contribution in [3.8, 4) is 0 Å². The fourth-order valence-corrected chi connectivity index (χ4v) is 0.991. The van der Waals surface area contributed by atoms with E-state index in [2.05, 4.69) is 11.3 Å². The fraction of sp³-hybridized carbons (Fsp3) is 0.615. The lowest BCUT2D eigenvalue weighted by Crippen LogP contribution is -2.18. The normalized spacial score (nSPS) is 9.58. The van der Waals surface area contributed by atoms with E-state index in [0.29, 0.717) is 12.8 Å². The summed E-state index contributed by atoms with van der Waals surface area (Å²) >= 11 is 0. The second kappa shape index (κ2) is 10.1. The maximum absolute atomic E-state index is 11.3. The molecule has 0 unspecified atom stereocenters. The summed E-state index contributed by atoms with van der Waals surface area (Å²) in [5, 5.41) is 0. The molecule has 0 aliphatic heterocycles. The monoisotopic (exact) mass is 272 g/mol. The molecule has 0 amide bonds. The van der Waals surface area contributed by atoms with Crippen LogP contribution in [0.5, 0.6) is 0 Å². The SMILES string of the molecule is C=C(CC(=O)OCC(=O)OCCC)C(=O)OCCC. The van der Waals surface area contributed by atoms with Crippen LogP contribution in [0.3, 0.4) is 0 Å². The van der Waals surface area contributed by atoms with Gasteiger partial charge in [0.15, 0.2) is 6.61 Å². The summed E-state index contributed by atoms with van der Waals surface area (Å²) in [7, 11) is 0. The van der Waals surface area contributed by atoms with Gasteiger partial charge in [-0.05, 0) is 12.8 Å². The van der Waals surface area contributed by atoms with Crippen molar-refractivity contribution in [2.75, 3.05) is 19.8 Å². The third-order valence-corrected chi connectivity index (χ3v) is 1.90. The molecular weight excluding hydrogens is 252 g/mol. The van der Waals surface area contributed by atoms with Crippen LogP contribution in [0, 0.1) is 0 Å². The molecule has 0 aromatic rings. The Labute approximate surface area is 112 Å². The van der Waals surface area contributed by atoms with Gasteiger partial charge >= 0.3 is 17.9 Å². The summed E-state index contributed by atoms with van der Waals surface area (Å²) in [6.45, 7) is 7.23. The van der Waals surface area contributed by atoms with Crippen molar-refractivity contribution in [2.45, 2.75) is 33.1 Å². The van der Waals surface area contributed by atoms with Crippen LogP contribution in [0.1, 0.15) is 33.1 Å². The second-order valence-corrected chi connectivity index (χ2v) is 3.80. The highest BCUT2D eigenvalue weighted by atomic mass is 16.6. The molecule has 0 spiro atoms. The Morgan fingerprint density at radius 2 is 1.47 bits per heavy atom. The number of carbonyl (C=O) groups is 3. The second-order valence-electron chi connectivity index (χ2n) is 3.80. The zero-order valence-corrected chi connectivity index (χ0v) is 11.4. The van der Waals surface area contributed by atoms with Gasteiger partial charge in [-0.1, -0.05) is 20.4 Å². The predicted octanol–water partition coefficient (Wildman–Crippen LogP) is 1.38. The van der Waals surface area contributed by atoms with Crippen LogP contribution < -0.4 is 0 Å². The minimum Gasteiger partial charge on any atom is -0.463 e. The number of hydrogen-bond donors (Lipinski definition) is 0. The lowest BCUT2D eigenvalue weighted by Gasteiger charge is -2.07. The van der Waals surface area contributed by atoms with Gasteiger partial charge < -0.3 is 14.2 Å². The maximum atomic E-state index is 11.3. The van der Waals surface area contributed by atoms with Crippen molar-refractivity contribution in [3.05, 3.63) is 12.2 Å². The molecular formula is C13H20O6. The van der Waals surface area contributed by atoms with E-state index >= 15 is 0 Å². The van der Waals surface area contributed by atoms with Crippen molar-refractivity contribution in [3.63, 3.8) is 0 Å². The molecule has 0 saturated carbocycles. The smallest absolute Gasteiger partial charge is 0.344 e. The molecule has 0 heterocycles. The van der Waals surface area contributed by atoms with E-state index in [1.165, 1.54) is 0 Å². The molecule has 0 aromatic carbocycles. The van der Waals surface area contributed by atoms with Gasteiger partial charge in [-0.15, -0.1) is 0 Å². The van der Waals surface area contributed by atoms with E-state index in [1.807, 2.05) is 13.8 Å². The number of esters is 3. The Hall–Kier alpha value is -1.85. The number of carbonyl (C=O) groups excluding carboxylic acids is 3. The molecule has 19 heavy (non-hydrogen) atoms. The summed E-state index contributed by atoms with van der Waals surface area (Å²) < 4.78 is 14.2. The molecule has 0 aliphatic rings. The molecule has 0 aliphatic carbocycles. The van der Waals surface area contributed by atoms with E-state index in [4.69, 9.17) is 9.47 Å². The van der Waals surface area contributed by atoms with Gasteiger partial charge in [0.05, 0.1) is 19.6 Å². The third kappa shape index (κ3) is 8.82. The Bertz CT molecular complexity index is 334. The third-order valence-electron chi connectivity index (χ3n) is 1.90. The molecule has 108 valence electrons. The summed E-state index contributed by atoms with van der Waals surface area (Å²) in [6.07, 6.45) is 1.08. The zero-order valence-electron chi connectivity index (χ0n) is 11.4. The van der Waals surface area contributed by atoms with E-state index in [-0.39, 0.29) is 25.2 Å². The summed E-state index contributed by atoms with van der Waals surface area (Å²) in [4.78, 5) is 33.7. The highest BCUT2D eigenvalue weighted by molar-refractivity contribution is 5.93. The molecule has 0 aromatic heterocycles. The standard InChI is InChI=1S/C13H20O6/c1-4-6-17-12(15)9-19-11(14)8-10(3)13(16)18-7-5-2/h3-9H2,1-2H3. The number of hydrogen-bond acceptors (Lipinski definition) is 6. The minimum atomic E-state index is -0.716. The zero-order chi connectivity index (χ0) is 14.7. The first-order valence-electron chi connectivity index (χ1n) is 6.17. The van der Waals surface area contributed by atoms with E-state index in [0.717, 1.165) is 0 Å². The van der Waals surface area contributed by atoms with Gasteiger partial charge in [0.2, 0.25) is 0 Å². The summed E-state index contributed by atoms with van der Waals surface area (Å²) in [6, 6.07) is 0. The Kier molecular flexibility index (Phi) is 9.12. The quantitative estimate of drug-likeness (QED) is 0.358. The molecule has 6 nitrogen and oxygen atoms in total. The average Bonchev–Trinajstić information content (AvgIpc) is 2.39. The molecule has 0 saturated heterocycles. The van der Waals surface area contributed by atoms with Crippen molar-refractivity contribution in [2.24, 2.45) is 0 Å². The van der Waals surface area contributed by atoms with Crippen LogP contribution in [-0.4, -0.2) is 37.7 Å². The highest BCUT2D eigenvalue weighted by Gasteiger charge is 2.15. The van der Waals surface area contributed by atoms with Gasteiger partial charge in [-0.25, -0.2) is 9.59 Å². The molecule has 0 radical (unpaired) electrons. The largest absolute Gasteiger partial charge is 0.463 e.